The van der Waals surface area contributed by atoms with Gasteiger partial charge in [0.25, 0.3) is 0 Å². The minimum atomic E-state index is -1.05. The van der Waals surface area contributed by atoms with E-state index in [4.69, 9.17) is 23.2 Å². The molecule has 0 radical (unpaired) electrons. The summed E-state index contributed by atoms with van der Waals surface area (Å²) in [6, 6.07) is 15.1. The van der Waals surface area contributed by atoms with Crippen molar-refractivity contribution in [3.8, 4) is 0 Å². The molecule has 5 heteroatoms. The molecule has 25 heavy (non-hydrogen) atoms. The van der Waals surface area contributed by atoms with Crippen LogP contribution in [-0.4, -0.2) is 11.5 Å². The van der Waals surface area contributed by atoms with Gasteiger partial charge in [0.05, 0.1) is 15.6 Å². The lowest BCUT2D eigenvalue weighted by Crippen LogP contribution is -2.67. The summed E-state index contributed by atoms with van der Waals surface area (Å²) >= 11 is 12.0. The standard InChI is InChI=1S/C16H14Cl2O2.C4H11N/c17-14-8-6-12(10-15(14)18)13(7-9-16(19)20)11-4-2-1-3-5-11;1-4(2,3)5/h1-6,8,10,13H,7,9H2,(H,19,20);5H2,1-3H3/t13-;/m1./s1. The van der Waals surface area contributed by atoms with Crippen LogP contribution < -0.4 is 10.8 Å². The predicted molar refractivity (Wildman–Crippen MR) is 102 cm³/mol. The lowest BCUT2D eigenvalue weighted by molar-refractivity contribution is -0.458. The quantitative estimate of drug-likeness (QED) is 0.857. The number of hydrogen-bond acceptors (Lipinski definition) is 2. The third-order valence-corrected chi connectivity index (χ3v) is 3.92. The van der Waals surface area contributed by atoms with Crippen LogP contribution in [0.5, 0.6) is 0 Å². The Morgan fingerprint density at radius 3 is 2.08 bits per heavy atom. The van der Waals surface area contributed by atoms with Crippen molar-refractivity contribution in [1.29, 1.82) is 0 Å². The van der Waals surface area contributed by atoms with Crippen LogP contribution in [0.2, 0.25) is 10.0 Å². The summed E-state index contributed by atoms with van der Waals surface area (Å²) in [5, 5.41) is 11.7. The van der Waals surface area contributed by atoms with Gasteiger partial charge >= 0.3 is 0 Å². The fourth-order valence-corrected chi connectivity index (χ4v) is 2.51. The van der Waals surface area contributed by atoms with Gasteiger partial charge in [-0.05, 0) is 56.9 Å². The molecule has 0 bridgehead atoms. The second kappa shape index (κ2) is 9.81. The molecule has 1 atom stereocenters. The average Bonchev–Trinajstić information content (AvgIpc) is 2.50. The largest absolute Gasteiger partial charge is 0.550 e. The Labute approximate surface area is 159 Å². The zero-order valence-electron chi connectivity index (χ0n) is 14.9. The van der Waals surface area contributed by atoms with Crippen molar-refractivity contribution in [2.24, 2.45) is 0 Å². The number of aliphatic carboxylic acids is 1. The maximum Gasteiger partial charge on any atom is 0.0860 e. The van der Waals surface area contributed by atoms with E-state index in [0.717, 1.165) is 11.1 Å². The first-order valence-corrected chi connectivity index (χ1v) is 8.88. The molecule has 0 saturated carbocycles. The first-order chi connectivity index (χ1) is 11.6. The lowest BCUT2D eigenvalue weighted by atomic mass is 9.87. The molecule has 3 nitrogen and oxygen atoms in total. The average molecular weight is 382 g/mol. The number of hydrogen-bond donors (Lipinski definition) is 1. The molecule has 0 unspecified atom stereocenters. The number of carboxylic acid groups (broad SMARTS) is 1. The summed E-state index contributed by atoms with van der Waals surface area (Å²) < 4.78 is 0. The van der Waals surface area contributed by atoms with Gasteiger partial charge in [0.2, 0.25) is 0 Å². The molecule has 0 saturated heterocycles. The molecule has 2 aromatic carbocycles. The summed E-state index contributed by atoms with van der Waals surface area (Å²) in [5.74, 6) is -1.09. The van der Waals surface area contributed by atoms with Gasteiger partial charge in [0.1, 0.15) is 0 Å². The maximum atomic E-state index is 10.7. The van der Waals surface area contributed by atoms with E-state index in [2.05, 4.69) is 26.5 Å². The van der Waals surface area contributed by atoms with Crippen molar-refractivity contribution >= 4 is 29.2 Å². The minimum absolute atomic E-state index is 0.000192. The number of quaternary nitrogens is 1. The van der Waals surface area contributed by atoms with E-state index in [0.29, 0.717) is 16.5 Å². The summed E-state index contributed by atoms with van der Waals surface area (Å²) in [5.41, 5.74) is 6.02. The third-order valence-electron chi connectivity index (χ3n) is 3.19. The van der Waals surface area contributed by atoms with Crippen molar-refractivity contribution < 1.29 is 15.6 Å². The molecule has 2 rings (SSSR count). The van der Waals surface area contributed by atoms with Gasteiger partial charge in [-0.1, -0.05) is 59.6 Å². The number of halogens is 2. The van der Waals surface area contributed by atoms with Crippen LogP contribution in [0.25, 0.3) is 0 Å². The second-order valence-corrected chi connectivity index (χ2v) is 7.92. The van der Waals surface area contributed by atoms with Crippen LogP contribution in [0.15, 0.2) is 48.5 Å². The van der Waals surface area contributed by atoms with E-state index in [1.807, 2.05) is 36.4 Å². The van der Waals surface area contributed by atoms with Crippen molar-refractivity contribution in [2.45, 2.75) is 45.1 Å². The van der Waals surface area contributed by atoms with E-state index in [1.54, 1.807) is 12.1 Å². The normalized spacial score (nSPS) is 12.1. The van der Waals surface area contributed by atoms with Gasteiger partial charge in [-0.25, -0.2) is 0 Å². The van der Waals surface area contributed by atoms with Crippen molar-refractivity contribution in [2.75, 3.05) is 0 Å². The summed E-state index contributed by atoms with van der Waals surface area (Å²) in [4.78, 5) is 10.7. The van der Waals surface area contributed by atoms with E-state index < -0.39 is 5.97 Å². The molecule has 136 valence electrons. The first-order valence-electron chi connectivity index (χ1n) is 8.13. The molecule has 0 heterocycles. The van der Waals surface area contributed by atoms with Crippen LogP contribution in [0.3, 0.4) is 0 Å². The number of carboxylic acids is 1. The maximum absolute atomic E-state index is 10.7. The number of benzene rings is 2. The number of carbonyl (C=O) groups is 1. The van der Waals surface area contributed by atoms with Gasteiger partial charge in [-0.3, -0.25) is 0 Å². The zero-order valence-corrected chi connectivity index (χ0v) is 16.4. The highest BCUT2D eigenvalue weighted by Crippen LogP contribution is 2.33. The molecule has 0 aliphatic carbocycles. The Morgan fingerprint density at radius 2 is 1.60 bits per heavy atom. The summed E-state index contributed by atoms with van der Waals surface area (Å²) in [6.45, 7) is 6.23. The monoisotopic (exact) mass is 381 g/mol. The highest BCUT2D eigenvalue weighted by molar-refractivity contribution is 6.42. The van der Waals surface area contributed by atoms with Gasteiger partial charge < -0.3 is 15.6 Å². The van der Waals surface area contributed by atoms with Crippen LogP contribution in [0, 0.1) is 0 Å². The van der Waals surface area contributed by atoms with E-state index in [9.17, 15) is 9.90 Å². The Kier molecular flexibility index (Phi) is 8.43. The molecule has 2 aromatic rings. The highest BCUT2D eigenvalue weighted by Gasteiger charge is 2.15. The number of rotatable bonds is 5. The van der Waals surface area contributed by atoms with Crippen LogP contribution in [-0.2, 0) is 4.79 Å². The lowest BCUT2D eigenvalue weighted by Gasteiger charge is -2.19. The van der Waals surface area contributed by atoms with Gasteiger partial charge in [0.15, 0.2) is 0 Å². The highest BCUT2D eigenvalue weighted by atomic mass is 35.5. The SMILES string of the molecule is CC(C)(C)[NH3+].O=C([O-])CC[C@H](c1ccccc1)c1ccc(Cl)c(Cl)c1. The zero-order chi connectivity index (χ0) is 19.0. The Morgan fingerprint density at radius 1 is 1.04 bits per heavy atom. The molecule has 0 amide bonds. The van der Waals surface area contributed by atoms with Crippen LogP contribution in [0.4, 0.5) is 0 Å². The van der Waals surface area contributed by atoms with Crippen molar-refractivity contribution in [3.05, 3.63) is 69.7 Å². The Bertz CT molecular complexity index is 676. The molecule has 0 spiro atoms. The first kappa shape index (κ1) is 21.5. The third kappa shape index (κ3) is 8.92. The van der Waals surface area contributed by atoms with E-state index >= 15 is 0 Å². The van der Waals surface area contributed by atoms with Gasteiger partial charge in [0, 0.05) is 11.9 Å². The van der Waals surface area contributed by atoms with Crippen molar-refractivity contribution in [1.82, 2.24) is 0 Å². The Hall–Kier alpha value is -1.55. The summed E-state index contributed by atoms with van der Waals surface area (Å²) in [7, 11) is 0. The fraction of sp³-hybridized carbons (Fsp3) is 0.350. The topological polar surface area (TPSA) is 67.8 Å². The van der Waals surface area contributed by atoms with Gasteiger partial charge in [-0.15, -0.1) is 0 Å². The molecule has 0 fully saturated rings. The van der Waals surface area contributed by atoms with E-state index in [-0.39, 0.29) is 17.9 Å². The molecule has 3 N–H and O–H groups in total. The molecule has 0 aromatic heterocycles. The molecular weight excluding hydrogens is 357 g/mol. The molecular formula is C20H25Cl2NO2. The predicted octanol–water partition coefficient (Wildman–Crippen LogP) is 3.68. The minimum Gasteiger partial charge on any atom is -0.550 e. The fourth-order valence-electron chi connectivity index (χ4n) is 2.20. The van der Waals surface area contributed by atoms with Gasteiger partial charge in [-0.2, -0.15) is 0 Å². The second-order valence-electron chi connectivity index (χ2n) is 7.11. The van der Waals surface area contributed by atoms with E-state index in [1.165, 1.54) is 0 Å². The van der Waals surface area contributed by atoms with Crippen LogP contribution >= 0.6 is 23.2 Å². The van der Waals surface area contributed by atoms with Crippen molar-refractivity contribution in [3.63, 3.8) is 0 Å². The smallest absolute Gasteiger partial charge is 0.0860 e. The Balaban J connectivity index is 0.000000550. The van der Waals surface area contributed by atoms with Crippen LogP contribution in [0.1, 0.15) is 50.7 Å². The molecule has 0 aliphatic heterocycles. The number of carbonyl (C=O) groups excluding carboxylic acids is 1. The molecule has 0 aliphatic rings. The summed E-state index contributed by atoms with van der Waals surface area (Å²) in [6.07, 6.45) is 0.462.